The van der Waals surface area contributed by atoms with Crippen molar-refractivity contribution in [2.75, 3.05) is 13.7 Å². The van der Waals surface area contributed by atoms with Gasteiger partial charge >= 0.3 is 5.97 Å². The van der Waals surface area contributed by atoms with Crippen molar-refractivity contribution in [1.29, 1.82) is 0 Å². The number of esters is 1. The van der Waals surface area contributed by atoms with E-state index in [0.29, 0.717) is 30.7 Å². The van der Waals surface area contributed by atoms with Crippen LogP contribution in [0.4, 0.5) is 0 Å². The standard InChI is InChI=1S/C28H33NO4S/c1-21(9-6-7-12-22-10-4-3-5-11-22)25(30)17-14-23-15-19-27(31)29(23)20-8-13-24-16-18-26(34-24)28(32)33-2/h3-5,10-11,14,16-18,21,23,25,30H,8-9,12-13,15,19-20H2,1-2H3/t21-,23?,25-/m1/s1. The van der Waals surface area contributed by atoms with Gasteiger partial charge in [-0.25, -0.2) is 4.79 Å². The van der Waals surface area contributed by atoms with Gasteiger partial charge in [0.25, 0.3) is 0 Å². The normalized spacial score (nSPS) is 17.4. The number of benzene rings is 1. The number of rotatable bonds is 10. The van der Waals surface area contributed by atoms with Crippen molar-refractivity contribution in [3.05, 3.63) is 69.9 Å². The monoisotopic (exact) mass is 479 g/mol. The first-order chi connectivity index (χ1) is 16.5. The van der Waals surface area contributed by atoms with E-state index in [1.54, 1.807) is 6.07 Å². The van der Waals surface area contributed by atoms with Crippen LogP contribution in [0.1, 0.15) is 52.7 Å². The van der Waals surface area contributed by atoms with E-state index in [2.05, 4.69) is 24.0 Å². The Balaban J connectivity index is 1.44. The molecule has 3 atom stereocenters. The second kappa shape index (κ2) is 13.1. The lowest BCUT2D eigenvalue weighted by Crippen LogP contribution is -2.33. The van der Waals surface area contributed by atoms with Crippen LogP contribution in [-0.4, -0.2) is 47.7 Å². The van der Waals surface area contributed by atoms with E-state index in [9.17, 15) is 14.7 Å². The number of likely N-dealkylation sites (tertiary alicyclic amines) is 1. The van der Waals surface area contributed by atoms with E-state index < -0.39 is 6.10 Å². The van der Waals surface area contributed by atoms with Gasteiger partial charge in [-0.1, -0.05) is 55.3 Å². The zero-order valence-corrected chi connectivity index (χ0v) is 20.7. The Kier molecular flexibility index (Phi) is 9.93. The lowest BCUT2D eigenvalue weighted by Gasteiger charge is -2.23. The summed E-state index contributed by atoms with van der Waals surface area (Å²) < 4.78 is 4.76. The van der Waals surface area contributed by atoms with Gasteiger partial charge in [0.2, 0.25) is 5.91 Å². The number of methoxy groups -OCH3 is 1. The van der Waals surface area contributed by atoms with Crippen LogP contribution in [0.15, 0.2) is 54.6 Å². The molecule has 180 valence electrons. The van der Waals surface area contributed by atoms with Crippen LogP contribution in [0.5, 0.6) is 0 Å². The van der Waals surface area contributed by atoms with Gasteiger partial charge in [-0.05, 0) is 42.9 Å². The lowest BCUT2D eigenvalue weighted by atomic mass is 9.99. The third kappa shape index (κ3) is 7.58. The van der Waals surface area contributed by atoms with Crippen molar-refractivity contribution in [3.8, 4) is 11.8 Å². The largest absolute Gasteiger partial charge is 0.465 e. The first-order valence-corrected chi connectivity index (χ1v) is 12.6. The quantitative estimate of drug-likeness (QED) is 0.306. The van der Waals surface area contributed by atoms with Gasteiger partial charge in [0.15, 0.2) is 0 Å². The number of carbonyl (C=O) groups excluding carboxylic acids is 2. The minimum atomic E-state index is -0.591. The van der Waals surface area contributed by atoms with Gasteiger partial charge in [-0.3, -0.25) is 4.79 Å². The highest BCUT2D eigenvalue weighted by atomic mass is 32.1. The molecule has 0 radical (unpaired) electrons. The van der Waals surface area contributed by atoms with Crippen molar-refractivity contribution in [3.63, 3.8) is 0 Å². The third-order valence-electron chi connectivity index (χ3n) is 6.04. The fourth-order valence-electron chi connectivity index (χ4n) is 3.94. The summed E-state index contributed by atoms with van der Waals surface area (Å²) in [7, 11) is 1.38. The van der Waals surface area contributed by atoms with Gasteiger partial charge in [0, 0.05) is 30.7 Å². The van der Waals surface area contributed by atoms with E-state index in [1.165, 1.54) is 24.0 Å². The molecule has 34 heavy (non-hydrogen) atoms. The molecule has 1 aromatic heterocycles. The fraction of sp³-hybridized carbons (Fsp3) is 0.429. The molecule has 6 heteroatoms. The second-order valence-corrected chi connectivity index (χ2v) is 9.80. The highest BCUT2D eigenvalue weighted by Gasteiger charge is 2.28. The number of carbonyl (C=O) groups is 2. The summed E-state index contributed by atoms with van der Waals surface area (Å²) >= 11 is 1.44. The van der Waals surface area contributed by atoms with Gasteiger partial charge in [0.05, 0.1) is 19.3 Å². The Bertz CT molecular complexity index is 1030. The van der Waals surface area contributed by atoms with E-state index in [-0.39, 0.29) is 23.8 Å². The summed E-state index contributed by atoms with van der Waals surface area (Å²) in [4.78, 5) is 27.6. The molecule has 1 saturated heterocycles. The minimum Gasteiger partial charge on any atom is -0.465 e. The average Bonchev–Trinajstić information content (AvgIpc) is 3.47. The summed E-state index contributed by atoms with van der Waals surface area (Å²) in [6.07, 6.45) is 7.50. The number of ether oxygens (including phenoxy) is 1. The maximum absolute atomic E-state index is 12.4. The number of aryl methyl sites for hydroxylation is 1. The van der Waals surface area contributed by atoms with Gasteiger partial charge < -0.3 is 14.7 Å². The molecule has 0 spiro atoms. The zero-order chi connectivity index (χ0) is 24.3. The Labute approximate surface area is 206 Å². The molecule has 0 saturated carbocycles. The molecule has 5 nitrogen and oxygen atoms in total. The highest BCUT2D eigenvalue weighted by molar-refractivity contribution is 7.13. The molecular weight excluding hydrogens is 446 g/mol. The molecule has 1 aliphatic heterocycles. The minimum absolute atomic E-state index is 0.0208. The number of hydrogen-bond donors (Lipinski definition) is 1. The smallest absolute Gasteiger partial charge is 0.348 e. The zero-order valence-electron chi connectivity index (χ0n) is 19.9. The number of amides is 1. The Morgan fingerprint density at radius 3 is 2.82 bits per heavy atom. The average molecular weight is 480 g/mol. The summed E-state index contributed by atoms with van der Waals surface area (Å²) in [5, 5.41) is 10.5. The number of hydrogen-bond acceptors (Lipinski definition) is 5. The lowest BCUT2D eigenvalue weighted by molar-refractivity contribution is -0.128. The molecule has 1 aromatic carbocycles. The van der Waals surface area contributed by atoms with Crippen LogP contribution in [-0.2, 0) is 22.4 Å². The molecule has 1 fully saturated rings. The van der Waals surface area contributed by atoms with Crippen LogP contribution in [0.2, 0.25) is 0 Å². The van der Waals surface area contributed by atoms with E-state index in [0.717, 1.165) is 24.1 Å². The van der Waals surface area contributed by atoms with Crippen molar-refractivity contribution in [2.45, 2.75) is 57.6 Å². The predicted octanol–water partition coefficient (Wildman–Crippen LogP) is 4.65. The van der Waals surface area contributed by atoms with Gasteiger partial charge in [-0.2, -0.15) is 0 Å². The Morgan fingerprint density at radius 1 is 1.26 bits per heavy atom. The summed E-state index contributed by atoms with van der Waals surface area (Å²) in [6, 6.07) is 13.9. The molecule has 2 heterocycles. The molecule has 1 unspecified atom stereocenters. The summed E-state index contributed by atoms with van der Waals surface area (Å²) in [5.41, 5.74) is 1.19. The molecule has 0 bridgehead atoms. The van der Waals surface area contributed by atoms with Crippen LogP contribution >= 0.6 is 11.3 Å². The SMILES string of the molecule is COC(=O)c1ccc(CCCN2C(=O)CCC2C=C[C@@H](O)[C@H](C)CC#CCc2ccccc2)s1. The third-order valence-corrected chi connectivity index (χ3v) is 7.17. The van der Waals surface area contributed by atoms with E-state index >= 15 is 0 Å². The van der Waals surface area contributed by atoms with Crippen LogP contribution in [0, 0.1) is 17.8 Å². The van der Waals surface area contributed by atoms with E-state index in [1.807, 2.05) is 48.2 Å². The van der Waals surface area contributed by atoms with Gasteiger partial charge in [-0.15, -0.1) is 17.3 Å². The Hall–Kier alpha value is -2.88. The topological polar surface area (TPSA) is 66.8 Å². The number of aliphatic hydroxyl groups excluding tert-OH is 1. The van der Waals surface area contributed by atoms with Crippen molar-refractivity contribution < 1.29 is 19.4 Å². The van der Waals surface area contributed by atoms with Crippen LogP contribution < -0.4 is 0 Å². The first-order valence-electron chi connectivity index (χ1n) is 11.8. The van der Waals surface area contributed by atoms with Crippen molar-refractivity contribution in [1.82, 2.24) is 4.90 Å². The number of thiophene rings is 1. The van der Waals surface area contributed by atoms with Crippen LogP contribution in [0.3, 0.4) is 0 Å². The summed E-state index contributed by atoms with van der Waals surface area (Å²) in [6.45, 7) is 2.66. The molecular formula is C28H33NO4S. The molecule has 1 N–H and O–H groups in total. The molecule has 3 rings (SSSR count). The molecule has 1 amide bonds. The first kappa shape index (κ1) is 25.7. The second-order valence-electron chi connectivity index (χ2n) is 8.63. The van der Waals surface area contributed by atoms with E-state index in [4.69, 9.17) is 4.74 Å². The Morgan fingerprint density at radius 2 is 2.06 bits per heavy atom. The molecule has 1 aliphatic rings. The van der Waals surface area contributed by atoms with Gasteiger partial charge in [0.1, 0.15) is 4.88 Å². The molecule has 2 aromatic rings. The van der Waals surface area contributed by atoms with Crippen molar-refractivity contribution >= 4 is 23.2 Å². The highest BCUT2D eigenvalue weighted by Crippen LogP contribution is 2.23. The molecule has 0 aliphatic carbocycles. The maximum Gasteiger partial charge on any atom is 0.348 e. The summed E-state index contributed by atoms with van der Waals surface area (Å²) in [5.74, 6) is 6.23. The predicted molar refractivity (Wildman–Crippen MR) is 136 cm³/mol. The van der Waals surface area contributed by atoms with Crippen molar-refractivity contribution in [2.24, 2.45) is 5.92 Å². The fourth-order valence-corrected chi connectivity index (χ4v) is 4.91. The number of aliphatic hydroxyl groups is 1. The number of nitrogens with zero attached hydrogens (tertiary/aromatic N) is 1. The maximum atomic E-state index is 12.4. The van der Waals surface area contributed by atoms with Crippen LogP contribution in [0.25, 0.3) is 0 Å².